The van der Waals surface area contributed by atoms with E-state index in [0.29, 0.717) is 19.8 Å². The number of nitrogens with one attached hydrogen (secondary N) is 1. The number of nitriles is 1. The van der Waals surface area contributed by atoms with Crippen molar-refractivity contribution in [3.05, 3.63) is 0 Å². The maximum Gasteiger partial charge on any atom is 0.0666 e. The molecule has 1 fully saturated rings. The summed E-state index contributed by atoms with van der Waals surface area (Å²) in [6.45, 7) is 4.01. The molecule has 1 rings (SSSR count). The minimum absolute atomic E-state index is 0.0127. The third kappa shape index (κ3) is 2.95. The summed E-state index contributed by atoms with van der Waals surface area (Å²) in [7, 11) is 0. The second-order valence-electron chi connectivity index (χ2n) is 3.96. The van der Waals surface area contributed by atoms with Gasteiger partial charge in [-0.2, -0.15) is 5.26 Å². The number of aliphatic hydroxyl groups is 1. The minimum Gasteiger partial charge on any atom is -0.394 e. The van der Waals surface area contributed by atoms with Crippen molar-refractivity contribution in [3.8, 4) is 6.07 Å². The van der Waals surface area contributed by atoms with Crippen LogP contribution in [-0.4, -0.2) is 37.0 Å². The van der Waals surface area contributed by atoms with Crippen LogP contribution < -0.4 is 5.32 Å². The normalized spacial score (nSPS) is 22.6. The first-order chi connectivity index (χ1) is 6.72. The zero-order valence-electron chi connectivity index (χ0n) is 8.62. The molecule has 0 bridgehead atoms. The van der Waals surface area contributed by atoms with E-state index < -0.39 is 0 Å². The first-order valence-electron chi connectivity index (χ1n) is 5.06. The van der Waals surface area contributed by atoms with Gasteiger partial charge in [-0.05, 0) is 19.8 Å². The molecule has 0 aromatic rings. The standard InChI is InChI=1S/C10H18N2O2/c1-9(6-11)7-12-10(8-13)2-4-14-5-3-10/h9,12-13H,2-5,7-8H2,1H3. The molecule has 0 saturated carbocycles. The Bertz CT molecular complexity index is 207. The lowest BCUT2D eigenvalue weighted by Gasteiger charge is -2.36. The van der Waals surface area contributed by atoms with Crippen molar-refractivity contribution in [1.82, 2.24) is 5.32 Å². The number of rotatable bonds is 4. The SMILES string of the molecule is CC(C#N)CNC1(CO)CCOCC1. The summed E-state index contributed by atoms with van der Waals surface area (Å²) >= 11 is 0. The summed E-state index contributed by atoms with van der Waals surface area (Å²) in [4.78, 5) is 0. The van der Waals surface area contributed by atoms with Crippen LogP contribution in [0.2, 0.25) is 0 Å². The Morgan fingerprint density at radius 1 is 1.57 bits per heavy atom. The van der Waals surface area contributed by atoms with Crippen LogP contribution in [0.4, 0.5) is 0 Å². The van der Waals surface area contributed by atoms with Crippen molar-refractivity contribution in [2.24, 2.45) is 5.92 Å². The van der Waals surface area contributed by atoms with Gasteiger partial charge in [-0.3, -0.25) is 0 Å². The Hall–Kier alpha value is -0.630. The van der Waals surface area contributed by atoms with Crippen LogP contribution in [0.15, 0.2) is 0 Å². The maximum atomic E-state index is 9.33. The number of ether oxygens (including phenoxy) is 1. The van der Waals surface area contributed by atoms with Gasteiger partial charge in [0.1, 0.15) is 0 Å². The lowest BCUT2D eigenvalue weighted by Crippen LogP contribution is -2.53. The number of aliphatic hydroxyl groups excluding tert-OH is 1. The third-order valence-electron chi connectivity index (χ3n) is 2.76. The Labute approximate surface area is 84.9 Å². The summed E-state index contributed by atoms with van der Waals surface area (Å²) in [5.74, 6) is -0.0127. The zero-order valence-corrected chi connectivity index (χ0v) is 8.62. The fourth-order valence-corrected chi connectivity index (χ4v) is 1.57. The molecule has 14 heavy (non-hydrogen) atoms. The molecule has 0 amide bonds. The Kier molecular flexibility index (Phi) is 4.33. The first kappa shape index (κ1) is 11.4. The smallest absolute Gasteiger partial charge is 0.0666 e. The van der Waals surface area contributed by atoms with Gasteiger partial charge in [-0.1, -0.05) is 0 Å². The van der Waals surface area contributed by atoms with Crippen LogP contribution in [0, 0.1) is 17.2 Å². The molecule has 0 aliphatic carbocycles. The van der Waals surface area contributed by atoms with E-state index in [4.69, 9.17) is 10.00 Å². The largest absolute Gasteiger partial charge is 0.394 e. The van der Waals surface area contributed by atoms with Crippen molar-refractivity contribution in [2.45, 2.75) is 25.3 Å². The predicted molar refractivity (Wildman–Crippen MR) is 52.6 cm³/mol. The highest BCUT2D eigenvalue weighted by atomic mass is 16.5. The predicted octanol–water partition coefficient (Wildman–Crippen LogP) is 0.277. The molecule has 2 N–H and O–H groups in total. The molecule has 0 aromatic heterocycles. The van der Waals surface area contributed by atoms with E-state index in [-0.39, 0.29) is 18.1 Å². The Morgan fingerprint density at radius 2 is 2.21 bits per heavy atom. The van der Waals surface area contributed by atoms with E-state index in [1.165, 1.54) is 0 Å². The van der Waals surface area contributed by atoms with Gasteiger partial charge in [-0.15, -0.1) is 0 Å². The molecule has 1 unspecified atom stereocenters. The highest BCUT2D eigenvalue weighted by molar-refractivity contribution is 4.92. The van der Waals surface area contributed by atoms with Gasteiger partial charge in [0.25, 0.3) is 0 Å². The fraction of sp³-hybridized carbons (Fsp3) is 0.900. The van der Waals surface area contributed by atoms with Gasteiger partial charge in [0.15, 0.2) is 0 Å². The van der Waals surface area contributed by atoms with Gasteiger partial charge in [-0.25, -0.2) is 0 Å². The third-order valence-corrected chi connectivity index (χ3v) is 2.76. The van der Waals surface area contributed by atoms with E-state index >= 15 is 0 Å². The highest BCUT2D eigenvalue weighted by Crippen LogP contribution is 2.20. The molecule has 0 spiro atoms. The van der Waals surface area contributed by atoms with E-state index in [1.54, 1.807) is 0 Å². The van der Waals surface area contributed by atoms with Crippen molar-refractivity contribution in [1.29, 1.82) is 5.26 Å². The fourth-order valence-electron chi connectivity index (χ4n) is 1.57. The van der Waals surface area contributed by atoms with E-state index in [0.717, 1.165) is 12.8 Å². The van der Waals surface area contributed by atoms with Crippen molar-refractivity contribution < 1.29 is 9.84 Å². The summed E-state index contributed by atoms with van der Waals surface area (Å²) in [6, 6.07) is 2.17. The molecule has 0 radical (unpaired) electrons. The van der Waals surface area contributed by atoms with Crippen LogP contribution in [0.3, 0.4) is 0 Å². The van der Waals surface area contributed by atoms with Gasteiger partial charge in [0, 0.05) is 25.3 Å². The van der Waals surface area contributed by atoms with E-state index in [2.05, 4.69) is 11.4 Å². The quantitative estimate of drug-likeness (QED) is 0.681. The summed E-state index contributed by atoms with van der Waals surface area (Å²) in [5.41, 5.74) is -0.219. The first-order valence-corrected chi connectivity index (χ1v) is 5.06. The molecule has 0 aromatic carbocycles. The molecule has 80 valence electrons. The number of nitrogens with zero attached hydrogens (tertiary/aromatic N) is 1. The lowest BCUT2D eigenvalue weighted by molar-refractivity contribution is 0.0113. The van der Waals surface area contributed by atoms with Gasteiger partial charge < -0.3 is 15.2 Å². The van der Waals surface area contributed by atoms with Crippen molar-refractivity contribution >= 4 is 0 Å². The van der Waals surface area contributed by atoms with E-state index in [1.807, 2.05) is 6.92 Å². The molecule has 1 saturated heterocycles. The Balaban J connectivity index is 2.40. The van der Waals surface area contributed by atoms with Gasteiger partial charge in [0.05, 0.1) is 18.6 Å². The average molecular weight is 198 g/mol. The molecule has 1 atom stereocenters. The van der Waals surface area contributed by atoms with Crippen LogP contribution in [0.25, 0.3) is 0 Å². The van der Waals surface area contributed by atoms with Crippen molar-refractivity contribution in [2.75, 3.05) is 26.4 Å². The van der Waals surface area contributed by atoms with Gasteiger partial charge in [0.2, 0.25) is 0 Å². The lowest BCUT2D eigenvalue weighted by atomic mass is 9.90. The second kappa shape index (κ2) is 5.30. The molecule has 1 aliphatic rings. The molecule has 4 heteroatoms. The highest BCUT2D eigenvalue weighted by Gasteiger charge is 2.31. The molecular formula is C10H18N2O2. The zero-order chi connectivity index (χ0) is 10.4. The molecule has 1 aliphatic heterocycles. The molecule has 4 nitrogen and oxygen atoms in total. The number of hydrogen-bond donors (Lipinski definition) is 2. The average Bonchev–Trinajstić information content (AvgIpc) is 2.27. The maximum absolute atomic E-state index is 9.33. The monoisotopic (exact) mass is 198 g/mol. The summed E-state index contributed by atoms with van der Waals surface area (Å²) in [6.07, 6.45) is 1.64. The van der Waals surface area contributed by atoms with Gasteiger partial charge >= 0.3 is 0 Å². The summed E-state index contributed by atoms with van der Waals surface area (Å²) in [5, 5.41) is 21.3. The number of hydrogen-bond acceptors (Lipinski definition) is 4. The molecule has 1 heterocycles. The van der Waals surface area contributed by atoms with E-state index in [9.17, 15) is 5.11 Å². The Morgan fingerprint density at radius 3 is 2.71 bits per heavy atom. The minimum atomic E-state index is -0.219. The van der Waals surface area contributed by atoms with Crippen molar-refractivity contribution in [3.63, 3.8) is 0 Å². The van der Waals surface area contributed by atoms with Crippen LogP contribution >= 0.6 is 0 Å². The van der Waals surface area contributed by atoms with Crippen LogP contribution in [0.5, 0.6) is 0 Å². The second-order valence-corrected chi connectivity index (χ2v) is 3.96. The summed E-state index contributed by atoms with van der Waals surface area (Å²) < 4.78 is 5.24. The topological polar surface area (TPSA) is 65.3 Å². The molecular weight excluding hydrogens is 180 g/mol. The van der Waals surface area contributed by atoms with Crippen LogP contribution in [0.1, 0.15) is 19.8 Å². The van der Waals surface area contributed by atoms with Crippen LogP contribution in [-0.2, 0) is 4.74 Å².